The van der Waals surface area contributed by atoms with Crippen LogP contribution < -0.4 is 5.32 Å². The van der Waals surface area contributed by atoms with E-state index in [2.05, 4.69) is 30.6 Å². The van der Waals surface area contributed by atoms with E-state index >= 15 is 0 Å². The van der Waals surface area contributed by atoms with Crippen LogP contribution in [-0.4, -0.2) is 19.1 Å². The lowest BCUT2D eigenvalue weighted by Crippen LogP contribution is -2.27. The number of carbonyl (C=O) groups is 1. The Balaban J connectivity index is 2.40. The molecule has 1 aromatic heterocycles. The van der Waals surface area contributed by atoms with Gasteiger partial charge in [-0.05, 0) is 37.8 Å². The standard InChI is InChI=1S/C11H17NO2S/c1-4-14-10(13)7-12-9(3)11-8(2)5-6-15-11/h5-6,9,12H,4,7H2,1-3H3. The first-order valence-electron chi connectivity index (χ1n) is 5.08. The first-order chi connectivity index (χ1) is 7.15. The summed E-state index contributed by atoms with van der Waals surface area (Å²) >= 11 is 1.71. The number of hydrogen-bond acceptors (Lipinski definition) is 4. The number of carbonyl (C=O) groups excluding carboxylic acids is 1. The Morgan fingerprint density at radius 2 is 2.40 bits per heavy atom. The number of thiophene rings is 1. The van der Waals surface area contributed by atoms with Gasteiger partial charge in [0.25, 0.3) is 0 Å². The molecule has 1 rings (SSSR count). The highest BCUT2D eigenvalue weighted by Crippen LogP contribution is 2.22. The van der Waals surface area contributed by atoms with E-state index in [1.54, 1.807) is 11.3 Å². The van der Waals surface area contributed by atoms with Gasteiger partial charge in [0.05, 0.1) is 13.2 Å². The summed E-state index contributed by atoms with van der Waals surface area (Å²) < 4.78 is 4.84. The minimum atomic E-state index is -0.196. The van der Waals surface area contributed by atoms with Crippen LogP contribution in [0.3, 0.4) is 0 Å². The maximum absolute atomic E-state index is 11.1. The van der Waals surface area contributed by atoms with Crippen molar-refractivity contribution >= 4 is 17.3 Å². The van der Waals surface area contributed by atoms with Crippen molar-refractivity contribution in [2.24, 2.45) is 0 Å². The van der Waals surface area contributed by atoms with E-state index in [1.807, 2.05) is 6.92 Å². The topological polar surface area (TPSA) is 38.3 Å². The van der Waals surface area contributed by atoms with Crippen molar-refractivity contribution < 1.29 is 9.53 Å². The lowest BCUT2D eigenvalue weighted by molar-refractivity contribution is -0.142. The van der Waals surface area contributed by atoms with Crippen LogP contribution >= 0.6 is 11.3 Å². The third-order valence-electron chi connectivity index (χ3n) is 2.15. The summed E-state index contributed by atoms with van der Waals surface area (Å²) in [6.45, 7) is 6.65. The summed E-state index contributed by atoms with van der Waals surface area (Å²) in [5.74, 6) is -0.196. The van der Waals surface area contributed by atoms with Crippen LogP contribution in [0.5, 0.6) is 0 Å². The third-order valence-corrected chi connectivity index (χ3v) is 3.35. The molecule has 4 heteroatoms. The van der Waals surface area contributed by atoms with Gasteiger partial charge >= 0.3 is 5.97 Å². The van der Waals surface area contributed by atoms with E-state index in [9.17, 15) is 4.79 Å². The predicted octanol–water partition coefficient (Wildman–Crippen LogP) is 2.27. The highest BCUT2D eigenvalue weighted by Gasteiger charge is 2.11. The molecule has 1 atom stereocenters. The quantitative estimate of drug-likeness (QED) is 0.784. The maximum atomic E-state index is 11.1. The lowest BCUT2D eigenvalue weighted by Gasteiger charge is -2.12. The van der Waals surface area contributed by atoms with Crippen LogP contribution in [0.25, 0.3) is 0 Å². The third kappa shape index (κ3) is 3.64. The molecule has 0 saturated heterocycles. The van der Waals surface area contributed by atoms with Crippen molar-refractivity contribution in [3.63, 3.8) is 0 Å². The molecule has 0 spiro atoms. The SMILES string of the molecule is CCOC(=O)CNC(C)c1sccc1C. The van der Waals surface area contributed by atoms with Gasteiger partial charge in [0, 0.05) is 10.9 Å². The van der Waals surface area contributed by atoms with Gasteiger partial charge in [-0.2, -0.15) is 0 Å². The van der Waals surface area contributed by atoms with E-state index in [0.29, 0.717) is 6.61 Å². The highest BCUT2D eigenvalue weighted by molar-refractivity contribution is 7.10. The first kappa shape index (κ1) is 12.2. The minimum absolute atomic E-state index is 0.196. The smallest absolute Gasteiger partial charge is 0.319 e. The summed E-state index contributed by atoms with van der Waals surface area (Å²) in [6.07, 6.45) is 0. The highest BCUT2D eigenvalue weighted by atomic mass is 32.1. The fraction of sp³-hybridized carbons (Fsp3) is 0.545. The van der Waals surface area contributed by atoms with Crippen molar-refractivity contribution in [3.8, 4) is 0 Å². The zero-order chi connectivity index (χ0) is 11.3. The molecule has 0 saturated carbocycles. The number of hydrogen-bond donors (Lipinski definition) is 1. The van der Waals surface area contributed by atoms with E-state index < -0.39 is 0 Å². The lowest BCUT2D eigenvalue weighted by atomic mass is 10.2. The number of rotatable bonds is 5. The zero-order valence-corrected chi connectivity index (χ0v) is 10.2. The molecule has 84 valence electrons. The Labute approximate surface area is 94.5 Å². The molecule has 0 aromatic carbocycles. The molecule has 1 unspecified atom stereocenters. The molecule has 15 heavy (non-hydrogen) atoms. The maximum Gasteiger partial charge on any atom is 0.319 e. The minimum Gasteiger partial charge on any atom is -0.465 e. The van der Waals surface area contributed by atoms with E-state index in [-0.39, 0.29) is 18.6 Å². The van der Waals surface area contributed by atoms with Gasteiger partial charge in [-0.25, -0.2) is 0 Å². The number of aryl methyl sites for hydroxylation is 1. The second-order valence-electron chi connectivity index (χ2n) is 3.38. The van der Waals surface area contributed by atoms with E-state index in [4.69, 9.17) is 4.74 Å². The largest absolute Gasteiger partial charge is 0.465 e. The summed E-state index contributed by atoms with van der Waals surface area (Å²) in [5, 5.41) is 5.21. The zero-order valence-electron chi connectivity index (χ0n) is 9.37. The van der Waals surface area contributed by atoms with E-state index in [0.717, 1.165) is 0 Å². The molecule has 0 aliphatic carbocycles. The average Bonchev–Trinajstić information content (AvgIpc) is 2.61. The normalized spacial score (nSPS) is 12.5. The van der Waals surface area contributed by atoms with Crippen molar-refractivity contribution in [3.05, 3.63) is 21.9 Å². The van der Waals surface area contributed by atoms with Crippen molar-refractivity contribution in [2.45, 2.75) is 26.8 Å². The van der Waals surface area contributed by atoms with Gasteiger partial charge in [0.1, 0.15) is 0 Å². The molecule has 3 nitrogen and oxygen atoms in total. The van der Waals surface area contributed by atoms with Crippen molar-refractivity contribution in [1.29, 1.82) is 0 Å². The van der Waals surface area contributed by atoms with Crippen LogP contribution in [-0.2, 0) is 9.53 Å². The molecule has 0 fully saturated rings. The molecule has 0 radical (unpaired) electrons. The van der Waals surface area contributed by atoms with Gasteiger partial charge in [-0.3, -0.25) is 10.1 Å². The Morgan fingerprint density at radius 3 is 2.93 bits per heavy atom. The molecule has 1 aromatic rings. The Kier molecular flexibility index (Phi) is 4.78. The number of ether oxygens (including phenoxy) is 1. The Morgan fingerprint density at radius 1 is 1.67 bits per heavy atom. The first-order valence-corrected chi connectivity index (χ1v) is 5.96. The predicted molar refractivity (Wildman–Crippen MR) is 62.1 cm³/mol. The molecule has 0 aliphatic rings. The molecular formula is C11H17NO2S. The van der Waals surface area contributed by atoms with Gasteiger partial charge in [-0.15, -0.1) is 11.3 Å². The van der Waals surface area contributed by atoms with Crippen LogP contribution in [0, 0.1) is 6.92 Å². The second kappa shape index (κ2) is 5.88. The Hall–Kier alpha value is -0.870. The summed E-state index contributed by atoms with van der Waals surface area (Å²) in [4.78, 5) is 12.4. The van der Waals surface area contributed by atoms with Gasteiger partial charge in [0.2, 0.25) is 0 Å². The molecular weight excluding hydrogens is 210 g/mol. The monoisotopic (exact) mass is 227 g/mol. The van der Waals surface area contributed by atoms with Crippen LogP contribution in [0.1, 0.15) is 30.3 Å². The average molecular weight is 227 g/mol. The summed E-state index contributed by atoms with van der Waals surface area (Å²) in [6, 6.07) is 2.29. The van der Waals surface area contributed by atoms with Gasteiger partial charge in [-0.1, -0.05) is 0 Å². The number of esters is 1. The fourth-order valence-corrected chi connectivity index (χ4v) is 2.33. The second-order valence-corrected chi connectivity index (χ2v) is 4.32. The summed E-state index contributed by atoms with van der Waals surface area (Å²) in [5.41, 5.74) is 1.27. The van der Waals surface area contributed by atoms with Crippen LogP contribution in [0.2, 0.25) is 0 Å². The van der Waals surface area contributed by atoms with Crippen molar-refractivity contribution in [2.75, 3.05) is 13.2 Å². The molecule has 0 amide bonds. The molecule has 0 bridgehead atoms. The molecule has 1 N–H and O–H groups in total. The van der Waals surface area contributed by atoms with Gasteiger partial charge < -0.3 is 4.74 Å². The fourth-order valence-electron chi connectivity index (χ4n) is 1.37. The van der Waals surface area contributed by atoms with Crippen LogP contribution in [0.4, 0.5) is 0 Å². The summed E-state index contributed by atoms with van der Waals surface area (Å²) in [7, 11) is 0. The van der Waals surface area contributed by atoms with Gasteiger partial charge in [0.15, 0.2) is 0 Å². The molecule has 1 heterocycles. The van der Waals surface area contributed by atoms with Crippen LogP contribution in [0.15, 0.2) is 11.4 Å². The van der Waals surface area contributed by atoms with E-state index in [1.165, 1.54) is 10.4 Å². The molecule has 0 aliphatic heterocycles. The van der Waals surface area contributed by atoms with Crippen molar-refractivity contribution in [1.82, 2.24) is 5.32 Å². The number of nitrogens with one attached hydrogen (secondary N) is 1. The Bertz CT molecular complexity index is 322.